The summed E-state index contributed by atoms with van der Waals surface area (Å²) in [6.45, 7) is 12.3. The number of para-hydroxylation sites is 1. The Bertz CT molecular complexity index is 914. The largest absolute Gasteiger partial charge is 0.481 e. The second kappa shape index (κ2) is 7.24. The molecule has 3 nitrogen and oxygen atoms in total. The molecule has 0 aliphatic heterocycles. The number of hydrogen-bond donors (Lipinski definition) is 1. The van der Waals surface area contributed by atoms with Gasteiger partial charge in [0.15, 0.2) is 0 Å². The lowest BCUT2D eigenvalue weighted by molar-refractivity contribution is -0.146. The number of hydrogen-bond acceptors (Lipinski definition) is 3. The van der Waals surface area contributed by atoms with Crippen molar-refractivity contribution < 1.29 is 14.6 Å². The summed E-state index contributed by atoms with van der Waals surface area (Å²) in [4.78, 5) is 13.5. The van der Waals surface area contributed by atoms with Crippen LogP contribution < -0.4 is 4.74 Å². The summed E-state index contributed by atoms with van der Waals surface area (Å²) in [6.07, 6.45) is 0. The first-order valence-electron chi connectivity index (χ1n) is 10.1. The smallest absolute Gasteiger partial charge is 0.311 e. The van der Waals surface area contributed by atoms with Gasteiger partial charge in [-0.25, -0.2) is 0 Å². The first kappa shape index (κ1) is 21.5. The molecule has 2 aromatic rings. The molecule has 29 heavy (non-hydrogen) atoms. The van der Waals surface area contributed by atoms with Gasteiger partial charge in [-0.1, -0.05) is 84.1 Å². The van der Waals surface area contributed by atoms with Crippen molar-refractivity contribution in [1.82, 2.24) is 0 Å². The van der Waals surface area contributed by atoms with Gasteiger partial charge in [-0.05, 0) is 46.6 Å². The first-order valence-corrected chi connectivity index (χ1v) is 10.5. The predicted octanol–water partition coefficient (Wildman–Crippen LogP) is 6.73. The highest BCUT2D eigenvalue weighted by atomic mass is 32.1. The highest BCUT2D eigenvalue weighted by molar-refractivity contribution is 7.80. The average molecular weight is 411 g/mol. The maximum Gasteiger partial charge on any atom is 0.311 e. The van der Waals surface area contributed by atoms with Gasteiger partial charge >= 0.3 is 5.97 Å². The molecule has 154 valence electrons. The summed E-state index contributed by atoms with van der Waals surface area (Å²) < 4.78 is 6.02. The summed E-state index contributed by atoms with van der Waals surface area (Å²) in [5.74, 6) is 0.362. The van der Waals surface area contributed by atoms with Crippen molar-refractivity contribution in [2.75, 3.05) is 0 Å². The van der Waals surface area contributed by atoms with E-state index in [-0.39, 0.29) is 11.8 Å². The molecule has 0 radical (unpaired) electrons. The molecule has 2 aromatic carbocycles. The standard InChI is InChI=1S/C25H30O3S/c1-16(2)21(29)20(25(22(26)27)23(3,4)24(25,5)6)17-11-10-14-19(15-17)28-18-12-8-7-9-13-18/h7-16,20H,1-6H3,(H,26,27). The van der Waals surface area contributed by atoms with Gasteiger partial charge in [0, 0.05) is 10.8 Å². The molecule has 1 saturated carbocycles. The fourth-order valence-electron chi connectivity index (χ4n) is 5.08. The van der Waals surface area contributed by atoms with Crippen LogP contribution in [-0.4, -0.2) is 15.9 Å². The molecular formula is C25H30O3S. The number of benzene rings is 2. The summed E-state index contributed by atoms with van der Waals surface area (Å²) in [7, 11) is 0. The van der Waals surface area contributed by atoms with E-state index in [0.717, 1.165) is 16.2 Å². The van der Waals surface area contributed by atoms with Gasteiger partial charge in [0.1, 0.15) is 11.5 Å². The Kier molecular flexibility index (Phi) is 5.37. The number of aliphatic carboxylic acids is 1. The van der Waals surface area contributed by atoms with Gasteiger partial charge < -0.3 is 9.84 Å². The van der Waals surface area contributed by atoms with Gasteiger partial charge in [-0.15, -0.1) is 0 Å². The number of carbonyl (C=O) groups is 1. The van der Waals surface area contributed by atoms with Crippen molar-refractivity contribution in [2.24, 2.45) is 22.2 Å². The second-order valence-corrected chi connectivity index (χ2v) is 9.81. The molecule has 1 N–H and O–H groups in total. The van der Waals surface area contributed by atoms with Crippen LogP contribution in [0.4, 0.5) is 0 Å². The molecule has 1 atom stereocenters. The van der Waals surface area contributed by atoms with Crippen LogP contribution in [0.3, 0.4) is 0 Å². The molecule has 0 bridgehead atoms. The molecule has 1 unspecified atom stereocenters. The number of carboxylic acid groups (broad SMARTS) is 1. The normalized spacial score (nSPS) is 19.4. The molecule has 0 heterocycles. The molecular weight excluding hydrogens is 380 g/mol. The fourth-order valence-corrected chi connectivity index (χ4v) is 5.39. The lowest BCUT2D eigenvalue weighted by Crippen LogP contribution is -2.36. The maximum atomic E-state index is 12.7. The Morgan fingerprint density at radius 3 is 1.97 bits per heavy atom. The third-order valence-corrected chi connectivity index (χ3v) is 7.97. The van der Waals surface area contributed by atoms with Crippen LogP contribution in [0.1, 0.15) is 53.0 Å². The molecule has 1 aliphatic carbocycles. The van der Waals surface area contributed by atoms with Crippen LogP contribution in [0.15, 0.2) is 54.6 Å². The van der Waals surface area contributed by atoms with E-state index in [9.17, 15) is 9.90 Å². The molecule has 0 amide bonds. The highest BCUT2D eigenvalue weighted by Gasteiger charge is 2.84. The van der Waals surface area contributed by atoms with Crippen LogP contribution in [0.25, 0.3) is 0 Å². The van der Waals surface area contributed by atoms with E-state index in [0.29, 0.717) is 5.75 Å². The summed E-state index contributed by atoms with van der Waals surface area (Å²) in [5, 5.41) is 10.5. The van der Waals surface area contributed by atoms with E-state index in [4.69, 9.17) is 17.0 Å². The van der Waals surface area contributed by atoms with Crippen molar-refractivity contribution in [1.29, 1.82) is 0 Å². The molecule has 1 fully saturated rings. The lowest BCUT2D eigenvalue weighted by Gasteiger charge is -2.31. The van der Waals surface area contributed by atoms with Crippen molar-refractivity contribution in [2.45, 2.75) is 47.5 Å². The number of thiocarbonyl (C=S) groups is 1. The zero-order valence-corrected chi connectivity index (χ0v) is 18.8. The third-order valence-electron chi connectivity index (χ3n) is 7.27. The van der Waals surface area contributed by atoms with E-state index in [1.54, 1.807) is 0 Å². The number of rotatable bonds is 7. The molecule has 0 aromatic heterocycles. The van der Waals surface area contributed by atoms with Crippen LogP contribution in [0, 0.1) is 22.2 Å². The van der Waals surface area contributed by atoms with Crippen LogP contribution in [0.2, 0.25) is 0 Å². The Labute approximate surface area is 179 Å². The first-order chi connectivity index (χ1) is 13.5. The topological polar surface area (TPSA) is 46.5 Å². The van der Waals surface area contributed by atoms with E-state index >= 15 is 0 Å². The summed E-state index contributed by atoms with van der Waals surface area (Å²) in [5.41, 5.74) is -0.859. The monoisotopic (exact) mass is 410 g/mol. The third kappa shape index (κ3) is 3.09. The van der Waals surface area contributed by atoms with Gasteiger partial charge in [0.05, 0.1) is 5.41 Å². The Morgan fingerprint density at radius 1 is 0.931 bits per heavy atom. The number of ether oxygens (including phenoxy) is 1. The van der Waals surface area contributed by atoms with Gasteiger partial charge in [-0.3, -0.25) is 4.79 Å². The minimum Gasteiger partial charge on any atom is -0.481 e. The van der Waals surface area contributed by atoms with Crippen molar-refractivity contribution >= 4 is 23.1 Å². The zero-order chi connectivity index (χ0) is 21.6. The van der Waals surface area contributed by atoms with Crippen molar-refractivity contribution in [3.8, 4) is 11.5 Å². The maximum absolute atomic E-state index is 12.7. The molecule has 4 heteroatoms. The lowest BCUT2D eigenvalue weighted by atomic mass is 9.72. The van der Waals surface area contributed by atoms with E-state index < -0.39 is 22.2 Å². The SMILES string of the molecule is CC(C)C(=S)C(c1cccc(Oc2ccccc2)c1)C1(C(=O)O)C(C)(C)C1(C)C. The second-order valence-electron chi connectivity index (χ2n) is 9.34. The molecule has 1 aliphatic rings. The quantitative estimate of drug-likeness (QED) is 0.514. The van der Waals surface area contributed by atoms with E-state index in [1.165, 1.54) is 0 Å². The van der Waals surface area contributed by atoms with Gasteiger partial charge in [-0.2, -0.15) is 0 Å². The summed E-state index contributed by atoms with van der Waals surface area (Å²) in [6, 6.07) is 17.3. The fraction of sp³-hybridized carbons (Fsp3) is 0.440. The Morgan fingerprint density at radius 2 is 1.48 bits per heavy atom. The van der Waals surface area contributed by atoms with Crippen molar-refractivity contribution in [3.63, 3.8) is 0 Å². The Hall–Kier alpha value is -2.20. The highest BCUT2D eigenvalue weighted by Crippen LogP contribution is 2.82. The van der Waals surface area contributed by atoms with Gasteiger partial charge in [0.2, 0.25) is 0 Å². The van der Waals surface area contributed by atoms with E-state index in [2.05, 4.69) is 0 Å². The van der Waals surface area contributed by atoms with Crippen LogP contribution >= 0.6 is 12.2 Å². The van der Waals surface area contributed by atoms with Crippen molar-refractivity contribution in [3.05, 3.63) is 60.2 Å². The molecule has 0 spiro atoms. The minimum atomic E-state index is -0.966. The number of carboxylic acids is 1. The molecule has 3 rings (SSSR count). The zero-order valence-electron chi connectivity index (χ0n) is 18.0. The van der Waals surface area contributed by atoms with Crippen LogP contribution in [0.5, 0.6) is 11.5 Å². The molecule has 0 saturated heterocycles. The minimum absolute atomic E-state index is 0.0946. The van der Waals surface area contributed by atoms with Gasteiger partial charge in [0.25, 0.3) is 0 Å². The van der Waals surface area contributed by atoms with Crippen LogP contribution in [-0.2, 0) is 4.79 Å². The summed E-state index contributed by atoms with van der Waals surface area (Å²) >= 11 is 5.86. The predicted molar refractivity (Wildman–Crippen MR) is 121 cm³/mol. The Balaban J connectivity index is 2.11. The average Bonchev–Trinajstić information content (AvgIpc) is 3.02. The van der Waals surface area contributed by atoms with E-state index in [1.807, 2.05) is 96.1 Å².